The van der Waals surface area contributed by atoms with Crippen LogP contribution in [0.3, 0.4) is 0 Å². The van der Waals surface area contributed by atoms with Crippen LogP contribution in [-0.2, 0) is 4.79 Å². The van der Waals surface area contributed by atoms with Crippen LogP contribution in [0, 0.1) is 11.8 Å². The smallest absolute Gasteiger partial charge is 0.233 e. The maximum atomic E-state index is 12.3. The van der Waals surface area contributed by atoms with E-state index in [9.17, 15) is 4.79 Å². The van der Waals surface area contributed by atoms with Crippen molar-refractivity contribution in [2.75, 3.05) is 24.6 Å². The Balaban J connectivity index is 1.81. The monoisotopic (exact) mass is 331 g/mol. The van der Waals surface area contributed by atoms with Gasteiger partial charge in [-0.3, -0.25) is 4.79 Å². The molecule has 1 aliphatic rings. The zero-order valence-corrected chi connectivity index (χ0v) is 14.6. The van der Waals surface area contributed by atoms with Crippen LogP contribution in [0.4, 0.5) is 0 Å². The summed E-state index contributed by atoms with van der Waals surface area (Å²) >= 11 is 4.79. The third kappa shape index (κ3) is 4.63. The lowest BCUT2D eigenvalue weighted by Crippen LogP contribution is -2.43. The van der Waals surface area contributed by atoms with E-state index in [0.717, 1.165) is 27.5 Å². The van der Waals surface area contributed by atoms with Gasteiger partial charge < -0.3 is 4.90 Å². The first-order chi connectivity index (χ1) is 9.58. The van der Waals surface area contributed by atoms with Crippen LogP contribution in [-0.4, -0.2) is 45.6 Å². The zero-order valence-electron chi connectivity index (χ0n) is 12.2. The SMILES string of the molecule is CCSc1nnc(SCC(=O)N2CC(C)CC(C)C2)s1. The Kier molecular flexibility index (Phi) is 6.17. The van der Waals surface area contributed by atoms with Crippen molar-refractivity contribution in [1.82, 2.24) is 15.1 Å². The normalized spacial score (nSPS) is 23.1. The van der Waals surface area contributed by atoms with Crippen molar-refractivity contribution >= 4 is 40.8 Å². The molecule has 1 fully saturated rings. The predicted molar refractivity (Wildman–Crippen MR) is 86.6 cm³/mol. The number of hydrogen-bond acceptors (Lipinski definition) is 6. The molecule has 1 aliphatic heterocycles. The van der Waals surface area contributed by atoms with Crippen LogP contribution in [0.2, 0.25) is 0 Å². The molecule has 2 unspecified atom stereocenters. The van der Waals surface area contributed by atoms with E-state index < -0.39 is 0 Å². The maximum absolute atomic E-state index is 12.3. The Labute approximate surface area is 133 Å². The van der Waals surface area contributed by atoms with Crippen molar-refractivity contribution in [1.29, 1.82) is 0 Å². The lowest BCUT2D eigenvalue weighted by Gasteiger charge is -2.34. The van der Waals surface area contributed by atoms with Crippen LogP contribution in [0.1, 0.15) is 27.2 Å². The molecule has 0 radical (unpaired) electrons. The van der Waals surface area contributed by atoms with Crippen molar-refractivity contribution < 1.29 is 4.79 Å². The molecule has 7 heteroatoms. The van der Waals surface area contributed by atoms with E-state index in [1.165, 1.54) is 18.2 Å². The molecule has 1 amide bonds. The van der Waals surface area contributed by atoms with Gasteiger partial charge in [-0.2, -0.15) is 0 Å². The van der Waals surface area contributed by atoms with E-state index >= 15 is 0 Å². The molecule has 0 aromatic carbocycles. The van der Waals surface area contributed by atoms with Gasteiger partial charge in [0.1, 0.15) is 0 Å². The highest BCUT2D eigenvalue weighted by molar-refractivity contribution is 8.03. The number of aromatic nitrogens is 2. The number of nitrogens with zero attached hydrogens (tertiary/aromatic N) is 3. The van der Waals surface area contributed by atoms with E-state index in [4.69, 9.17) is 0 Å². The molecular formula is C13H21N3OS3. The Morgan fingerprint density at radius 3 is 2.45 bits per heavy atom. The lowest BCUT2D eigenvalue weighted by molar-refractivity contribution is -0.130. The van der Waals surface area contributed by atoms with Crippen molar-refractivity contribution in [3.8, 4) is 0 Å². The summed E-state index contributed by atoms with van der Waals surface area (Å²) in [6.45, 7) is 8.35. The van der Waals surface area contributed by atoms with Gasteiger partial charge in [-0.15, -0.1) is 10.2 Å². The minimum atomic E-state index is 0.230. The number of amides is 1. The standard InChI is InChI=1S/C13H21N3OS3/c1-4-18-12-14-15-13(20-12)19-8-11(17)16-6-9(2)5-10(3)7-16/h9-10H,4-8H2,1-3H3. The molecule has 0 bridgehead atoms. The van der Waals surface area contributed by atoms with Gasteiger partial charge in [0.15, 0.2) is 8.68 Å². The summed E-state index contributed by atoms with van der Waals surface area (Å²) in [5, 5.41) is 8.23. The van der Waals surface area contributed by atoms with Crippen LogP contribution in [0.25, 0.3) is 0 Å². The van der Waals surface area contributed by atoms with E-state index in [-0.39, 0.29) is 5.91 Å². The number of thioether (sulfide) groups is 2. The highest BCUT2D eigenvalue weighted by Gasteiger charge is 2.25. The van der Waals surface area contributed by atoms with Crippen molar-refractivity contribution in [3.63, 3.8) is 0 Å². The Morgan fingerprint density at radius 2 is 1.85 bits per heavy atom. The molecule has 1 aromatic rings. The van der Waals surface area contributed by atoms with Gasteiger partial charge in [0.05, 0.1) is 5.75 Å². The maximum Gasteiger partial charge on any atom is 0.233 e. The number of rotatable bonds is 5. The molecule has 0 spiro atoms. The number of hydrogen-bond donors (Lipinski definition) is 0. The highest BCUT2D eigenvalue weighted by Crippen LogP contribution is 2.29. The van der Waals surface area contributed by atoms with Gasteiger partial charge in [0.25, 0.3) is 0 Å². The van der Waals surface area contributed by atoms with Crippen LogP contribution in [0.15, 0.2) is 8.68 Å². The van der Waals surface area contributed by atoms with Gasteiger partial charge in [-0.1, -0.05) is 55.6 Å². The predicted octanol–water partition coefficient (Wildman–Crippen LogP) is 3.25. The quantitative estimate of drug-likeness (QED) is 0.775. The minimum absolute atomic E-state index is 0.230. The summed E-state index contributed by atoms with van der Waals surface area (Å²) < 4.78 is 1.88. The Morgan fingerprint density at radius 1 is 1.25 bits per heavy atom. The number of carbonyl (C=O) groups is 1. The Bertz CT molecular complexity index is 442. The largest absolute Gasteiger partial charge is 0.341 e. The first kappa shape index (κ1) is 16.1. The van der Waals surface area contributed by atoms with Gasteiger partial charge in [-0.25, -0.2) is 0 Å². The molecule has 4 nitrogen and oxygen atoms in total. The fraction of sp³-hybridized carbons (Fsp3) is 0.769. The molecule has 112 valence electrons. The summed E-state index contributed by atoms with van der Waals surface area (Å²) in [6.07, 6.45) is 1.23. The summed E-state index contributed by atoms with van der Waals surface area (Å²) in [5.74, 6) is 2.93. The fourth-order valence-corrected chi connectivity index (χ4v) is 5.34. The van der Waals surface area contributed by atoms with Crippen molar-refractivity contribution in [3.05, 3.63) is 0 Å². The molecule has 1 aromatic heterocycles. The van der Waals surface area contributed by atoms with Gasteiger partial charge in [-0.05, 0) is 24.0 Å². The molecule has 2 rings (SSSR count). The number of likely N-dealkylation sites (tertiary alicyclic amines) is 1. The molecule has 1 saturated heterocycles. The highest BCUT2D eigenvalue weighted by atomic mass is 32.2. The fourth-order valence-electron chi connectivity index (χ4n) is 2.52. The topological polar surface area (TPSA) is 46.1 Å². The summed E-state index contributed by atoms with van der Waals surface area (Å²) in [7, 11) is 0. The molecule has 20 heavy (non-hydrogen) atoms. The third-order valence-corrected chi connectivity index (χ3v) is 6.25. The Hall–Kier alpha value is -0.270. The molecular weight excluding hydrogens is 310 g/mol. The molecule has 0 N–H and O–H groups in total. The average Bonchev–Trinajstić information content (AvgIpc) is 2.83. The second-order valence-electron chi connectivity index (χ2n) is 5.30. The van der Waals surface area contributed by atoms with Gasteiger partial charge in [0, 0.05) is 13.1 Å². The number of carbonyl (C=O) groups excluding carboxylic acids is 1. The lowest BCUT2D eigenvalue weighted by atomic mass is 9.92. The molecule has 2 heterocycles. The summed E-state index contributed by atoms with van der Waals surface area (Å²) in [5.41, 5.74) is 0. The van der Waals surface area contributed by atoms with Gasteiger partial charge >= 0.3 is 0 Å². The van der Waals surface area contributed by atoms with E-state index in [1.807, 2.05) is 4.90 Å². The van der Waals surface area contributed by atoms with E-state index in [1.54, 1.807) is 23.1 Å². The van der Waals surface area contributed by atoms with Crippen LogP contribution in [0.5, 0.6) is 0 Å². The second-order valence-corrected chi connectivity index (χ2v) is 9.01. The van der Waals surface area contributed by atoms with Crippen LogP contribution < -0.4 is 0 Å². The van der Waals surface area contributed by atoms with Crippen molar-refractivity contribution in [2.24, 2.45) is 11.8 Å². The van der Waals surface area contributed by atoms with Crippen LogP contribution >= 0.6 is 34.9 Å². The summed E-state index contributed by atoms with van der Waals surface area (Å²) in [4.78, 5) is 14.3. The molecule has 0 saturated carbocycles. The van der Waals surface area contributed by atoms with E-state index in [0.29, 0.717) is 17.6 Å². The van der Waals surface area contributed by atoms with Gasteiger partial charge in [0.2, 0.25) is 5.91 Å². The first-order valence-corrected chi connectivity index (χ1v) is 9.74. The summed E-state index contributed by atoms with van der Waals surface area (Å²) in [6, 6.07) is 0. The molecule has 0 aliphatic carbocycles. The minimum Gasteiger partial charge on any atom is -0.341 e. The van der Waals surface area contributed by atoms with Crippen molar-refractivity contribution in [2.45, 2.75) is 35.9 Å². The molecule has 2 atom stereocenters. The first-order valence-electron chi connectivity index (χ1n) is 6.95. The number of piperidine rings is 1. The zero-order chi connectivity index (χ0) is 14.5. The van der Waals surface area contributed by atoms with E-state index in [2.05, 4.69) is 31.0 Å². The second kappa shape index (κ2) is 7.66. The average molecular weight is 332 g/mol. The third-order valence-electron chi connectivity index (χ3n) is 3.20.